The number of nitrogens with zero attached hydrogens (tertiary/aromatic N) is 3. The van der Waals surface area contributed by atoms with Gasteiger partial charge in [0, 0.05) is 47.4 Å². The number of fused-ring (bicyclic) bond motifs is 2. The molecule has 0 fully saturated rings. The van der Waals surface area contributed by atoms with E-state index in [2.05, 4.69) is 37.4 Å². The van der Waals surface area contributed by atoms with E-state index in [1.54, 1.807) is 6.20 Å². The second-order valence-electron chi connectivity index (χ2n) is 7.05. The maximum atomic E-state index is 13.6. The second kappa shape index (κ2) is 7.60. The topological polar surface area (TPSA) is 75.7 Å². The van der Waals surface area contributed by atoms with Gasteiger partial charge >= 0.3 is 0 Å². The van der Waals surface area contributed by atoms with Crippen molar-refractivity contribution < 1.29 is 9.13 Å². The fourth-order valence-electron chi connectivity index (χ4n) is 3.70. The molecular formula is C22H20FN5O. The van der Waals surface area contributed by atoms with Crippen molar-refractivity contribution >= 4 is 10.9 Å². The molecule has 1 aliphatic rings. The van der Waals surface area contributed by atoms with Gasteiger partial charge in [0.1, 0.15) is 5.82 Å². The molecule has 0 unspecified atom stereocenters. The SMILES string of the molecule is Fc1cncc(-c2nc3c(c(OCCc4c[nH]c5ccccc45)n2)CCNC3)c1. The Balaban J connectivity index is 1.42. The number of hydrogen-bond acceptors (Lipinski definition) is 5. The number of nitrogens with one attached hydrogen (secondary N) is 2. The van der Waals surface area contributed by atoms with Crippen LogP contribution in [0.5, 0.6) is 5.88 Å². The second-order valence-corrected chi connectivity index (χ2v) is 7.05. The molecular weight excluding hydrogens is 369 g/mol. The fraction of sp³-hybridized carbons (Fsp3) is 0.227. The summed E-state index contributed by atoms with van der Waals surface area (Å²) in [5.41, 5.74) is 4.79. The van der Waals surface area contributed by atoms with Gasteiger partial charge in [0.15, 0.2) is 5.82 Å². The highest BCUT2D eigenvalue weighted by atomic mass is 19.1. The molecule has 0 atom stereocenters. The number of halogens is 1. The average Bonchev–Trinajstić information content (AvgIpc) is 3.17. The molecule has 3 aromatic heterocycles. The molecule has 6 nitrogen and oxygen atoms in total. The van der Waals surface area contributed by atoms with Gasteiger partial charge in [-0.15, -0.1) is 0 Å². The van der Waals surface area contributed by atoms with E-state index in [-0.39, 0.29) is 0 Å². The van der Waals surface area contributed by atoms with Crippen molar-refractivity contribution in [2.45, 2.75) is 19.4 Å². The Bertz CT molecular complexity index is 1170. The summed E-state index contributed by atoms with van der Waals surface area (Å²) in [6.45, 7) is 2.00. The summed E-state index contributed by atoms with van der Waals surface area (Å²) in [4.78, 5) is 16.4. The third-order valence-electron chi connectivity index (χ3n) is 5.15. The lowest BCUT2D eigenvalue weighted by Crippen LogP contribution is -2.26. The molecule has 0 saturated heterocycles. The minimum Gasteiger partial charge on any atom is -0.477 e. The van der Waals surface area contributed by atoms with E-state index < -0.39 is 5.82 Å². The Kier molecular flexibility index (Phi) is 4.65. The number of aromatic nitrogens is 4. The zero-order valence-electron chi connectivity index (χ0n) is 15.8. The third-order valence-corrected chi connectivity index (χ3v) is 5.15. The predicted octanol–water partition coefficient (Wildman–Crippen LogP) is 3.43. The van der Waals surface area contributed by atoms with Crippen molar-refractivity contribution in [1.82, 2.24) is 25.3 Å². The Morgan fingerprint density at radius 2 is 2.07 bits per heavy atom. The van der Waals surface area contributed by atoms with E-state index in [0.29, 0.717) is 30.4 Å². The molecule has 0 bridgehead atoms. The van der Waals surface area contributed by atoms with Gasteiger partial charge < -0.3 is 15.0 Å². The molecule has 4 heterocycles. The number of ether oxygens (including phenoxy) is 1. The fourth-order valence-corrected chi connectivity index (χ4v) is 3.70. The molecule has 0 spiro atoms. The van der Waals surface area contributed by atoms with Crippen LogP contribution in [0.4, 0.5) is 4.39 Å². The molecule has 2 N–H and O–H groups in total. The largest absolute Gasteiger partial charge is 0.477 e. The van der Waals surface area contributed by atoms with Crippen molar-refractivity contribution in [3.63, 3.8) is 0 Å². The van der Waals surface area contributed by atoms with Gasteiger partial charge in [0.2, 0.25) is 5.88 Å². The minimum atomic E-state index is -0.413. The standard InChI is InChI=1S/C22H20FN5O/c23-16-9-15(10-25-12-16)21-27-20-13-24-7-5-18(20)22(28-21)29-8-6-14-11-26-19-4-2-1-3-17(14)19/h1-4,9-12,24,26H,5-8,13H2. The van der Waals surface area contributed by atoms with Crippen LogP contribution in [0, 0.1) is 5.82 Å². The molecule has 0 radical (unpaired) electrons. The van der Waals surface area contributed by atoms with E-state index in [1.807, 2.05) is 18.3 Å². The first-order valence-corrected chi connectivity index (χ1v) is 9.67. The summed E-state index contributed by atoms with van der Waals surface area (Å²) >= 11 is 0. The van der Waals surface area contributed by atoms with E-state index in [4.69, 9.17) is 4.74 Å². The van der Waals surface area contributed by atoms with Crippen molar-refractivity contribution in [2.75, 3.05) is 13.2 Å². The van der Waals surface area contributed by atoms with Crippen LogP contribution in [0.15, 0.2) is 48.9 Å². The van der Waals surface area contributed by atoms with E-state index >= 15 is 0 Å². The predicted molar refractivity (Wildman–Crippen MR) is 108 cm³/mol. The smallest absolute Gasteiger partial charge is 0.220 e. The zero-order chi connectivity index (χ0) is 19.6. The van der Waals surface area contributed by atoms with Crippen molar-refractivity contribution in [3.8, 4) is 17.3 Å². The molecule has 0 saturated carbocycles. The first-order valence-electron chi connectivity index (χ1n) is 9.67. The summed E-state index contributed by atoms with van der Waals surface area (Å²) in [6, 6.07) is 9.61. The normalized spacial score (nSPS) is 13.4. The number of aromatic amines is 1. The Hall–Kier alpha value is -3.32. The molecule has 4 aromatic rings. The molecule has 29 heavy (non-hydrogen) atoms. The van der Waals surface area contributed by atoms with Crippen molar-refractivity contribution in [3.05, 3.63) is 71.6 Å². The first-order chi connectivity index (χ1) is 14.3. The van der Waals surface area contributed by atoms with Gasteiger partial charge in [0.05, 0.1) is 18.5 Å². The lowest BCUT2D eigenvalue weighted by atomic mass is 10.1. The van der Waals surface area contributed by atoms with Crippen LogP contribution >= 0.6 is 0 Å². The average molecular weight is 389 g/mol. The number of benzene rings is 1. The highest BCUT2D eigenvalue weighted by Gasteiger charge is 2.20. The summed E-state index contributed by atoms with van der Waals surface area (Å²) in [6.07, 6.45) is 6.33. The molecule has 0 aliphatic carbocycles. The van der Waals surface area contributed by atoms with Crippen LogP contribution in [0.3, 0.4) is 0 Å². The molecule has 0 amide bonds. The molecule has 1 aliphatic heterocycles. The van der Waals surface area contributed by atoms with Gasteiger partial charge in [0.25, 0.3) is 0 Å². The van der Waals surface area contributed by atoms with Crippen molar-refractivity contribution in [1.29, 1.82) is 0 Å². The van der Waals surface area contributed by atoms with Gasteiger partial charge in [-0.2, -0.15) is 4.98 Å². The summed E-state index contributed by atoms with van der Waals surface area (Å²) < 4.78 is 19.7. The van der Waals surface area contributed by atoms with E-state index in [1.165, 1.54) is 23.2 Å². The van der Waals surface area contributed by atoms with Crippen LogP contribution < -0.4 is 10.1 Å². The van der Waals surface area contributed by atoms with E-state index in [0.717, 1.165) is 36.2 Å². The summed E-state index contributed by atoms with van der Waals surface area (Å²) in [5, 5.41) is 4.52. The van der Waals surface area contributed by atoms with E-state index in [9.17, 15) is 4.39 Å². The maximum absolute atomic E-state index is 13.6. The van der Waals surface area contributed by atoms with Crippen LogP contribution in [0.2, 0.25) is 0 Å². The summed E-state index contributed by atoms with van der Waals surface area (Å²) in [5.74, 6) is 0.598. The van der Waals surface area contributed by atoms with Crippen LogP contribution in [0.1, 0.15) is 16.8 Å². The number of para-hydroxylation sites is 1. The highest BCUT2D eigenvalue weighted by molar-refractivity contribution is 5.83. The zero-order valence-corrected chi connectivity index (χ0v) is 15.8. The quantitative estimate of drug-likeness (QED) is 0.547. The number of H-pyrrole nitrogens is 1. The Morgan fingerprint density at radius 3 is 3.00 bits per heavy atom. The number of hydrogen-bond donors (Lipinski definition) is 2. The van der Waals surface area contributed by atoms with Gasteiger partial charge in [-0.1, -0.05) is 18.2 Å². The van der Waals surface area contributed by atoms with Crippen LogP contribution in [0.25, 0.3) is 22.3 Å². The molecule has 7 heteroatoms. The van der Waals surface area contributed by atoms with Crippen LogP contribution in [-0.4, -0.2) is 33.1 Å². The Morgan fingerprint density at radius 1 is 1.14 bits per heavy atom. The monoisotopic (exact) mass is 389 g/mol. The highest BCUT2D eigenvalue weighted by Crippen LogP contribution is 2.27. The summed E-state index contributed by atoms with van der Waals surface area (Å²) in [7, 11) is 0. The maximum Gasteiger partial charge on any atom is 0.220 e. The molecule has 146 valence electrons. The minimum absolute atomic E-state index is 0.413. The lowest BCUT2D eigenvalue weighted by Gasteiger charge is -2.20. The van der Waals surface area contributed by atoms with Gasteiger partial charge in [-0.05, 0) is 30.7 Å². The van der Waals surface area contributed by atoms with Crippen LogP contribution in [-0.2, 0) is 19.4 Å². The first kappa shape index (κ1) is 17.8. The third kappa shape index (κ3) is 3.56. The molecule has 5 rings (SSSR count). The van der Waals surface area contributed by atoms with Crippen molar-refractivity contribution in [2.24, 2.45) is 0 Å². The number of rotatable bonds is 5. The Labute approximate surface area is 167 Å². The van der Waals surface area contributed by atoms with Gasteiger partial charge in [-0.25, -0.2) is 9.37 Å². The number of pyridine rings is 1. The lowest BCUT2D eigenvalue weighted by molar-refractivity contribution is 0.304. The molecule has 1 aromatic carbocycles. The van der Waals surface area contributed by atoms with Gasteiger partial charge in [-0.3, -0.25) is 4.98 Å².